The molecule has 0 radical (unpaired) electrons. The number of para-hydroxylation sites is 1. The van der Waals surface area contributed by atoms with E-state index in [0.717, 1.165) is 22.8 Å². The summed E-state index contributed by atoms with van der Waals surface area (Å²) < 4.78 is 16.3. The van der Waals surface area contributed by atoms with E-state index >= 15 is 0 Å². The lowest BCUT2D eigenvalue weighted by Crippen LogP contribution is -2.39. The van der Waals surface area contributed by atoms with Crippen molar-refractivity contribution >= 4 is 0 Å². The molecule has 0 spiro atoms. The van der Waals surface area contributed by atoms with Gasteiger partial charge in [-0.15, -0.1) is 0 Å². The molecular formula is C21H29NO4. The minimum Gasteiger partial charge on any atom is -0.497 e. The number of benzene rings is 2. The normalized spacial score (nSPS) is 12.3. The minimum atomic E-state index is -0.579. The fraction of sp³-hybridized carbons (Fsp3) is 0.429. The molecule has 1 atom stereocenters. The maximum absolute atomic E-state index is 10.4. The molecule has 1 N–H and O–H groups in total. The average molecular weight is 359 g/mol. The van der Waals surface area contributed by atoms with Crippen molar-refractivity contribution < 1.29 is 19.3 Å². The van der Waals surface area contributed by atoms with Gasteiger partial charge in [0.15, 0.2) is 0 Å². The zero-order valence-corrected chi connectivity index (χ0v) is 16.0. The lowest BCUT2D eigenvalue weighted by molar-refractivity contribution is 0.0543. The van der Waals surface area contributed by atoms with Crippen LogP contribution in [-0.2, 0) is 6.54 Å². The molecule has 0 heterocycles. The van der Waals surface area contributed by atoms with Crippen molar-refractivity contribution in [1.29, 1.82) is 0 Å². The summed E-state index contributed by atoms with van der Waals surface area (Å²) in [5.41, 5.74) is 1.08. The molecule has 0 amide bonds. The highest BCUT2D eigenvalue weighted by Gasteiger charge is 2.17. The second-order valence-electron chi connectivity index (χ2n) is 6.52. The zero-order valence-electron chi connectivity index (χ0n) is 16.0. The van der Waals surface area contributed by atoms with E-state index < -0.39 is 6.10 Å². The minimum absolute atomic E-state index is 0.259. The molecule has 0 saturated heterocycles. The Kier molecular flexibility index (Phi) is 7.75. The summed E-state index contributed by atoms with van der Waals surface area (Å²) >= 11 is 0. The summed E-state index contributed by atoms with van der Waals surface area (Å²) in [5.74, 6) is 2.28. The van der Waals surface area contributed by atoms with Gasteiger partial charge in [0.2, 0.25) is 0 Å². The van der Waals surface area contributed by atoms with Gasteiger partial charge in [0.1, 0.15) is 30.0 Å². The first kappa shape index (κ1) is 20.1. The van der Waals surface area contributed by atoms with Crippen LogP contribution >= 0.6 is 0 Å². The number of hydrogen-bond acceptors (Lipinski definition) is 5. The first-order valence-electron chi connectivity index (χ1n) is 8.83. The maximum atomic E-state index is 10.4. The third-order valence-electron chi connectivity index (χ3n) is 4.16. The molecule has 0 aliphatic carbocycles. The zero-order chi connectivity index (χ0) is 18.9. The second kappa shape index (κ2) is 10.0. The number of ether oxygens (including phenoxy) is 3. The first-order valence-corrected chi connectivity index (χ1v) is 8.83. The molecule has 142 valence electrons. The summed E-state index contributed by atoms with van der Waals surface area (Å²) in [5, 5.41) is 10.4. The highest BCUT2D eigenvalue weighted by atomic mass is 16.5. The van der Waals surface area contributed by atoms with Gasteiger partial charge in [-0.3, -0.25) is 4.90 Å². The fourth-order valence-electron chi connectivity index (χ4n) is 2.68. The number of hydrogen-bond donors (Lipinski definition) is 1. The van der Waals surface area contributed by atoms with Crippen molar-refractivity contribution in [2.75, 3.05) is 27.4 Å². The quantitative estimate of drug-likeness (QED) is 0.705. The molecule has 26 heavy (non-hydrogen) atoms. The van der Waals surface area contributed by atoms with Crippen molar-refractivity contribution in [3.05, 3.63) is 54.1 Å². The predicted molar refractivity (Wildman–Crippen MR) is 103 cm³/mol. The van der Waals surface area contributed by atoms with Gasteiger partial charge in [0.25, 0.3) is 0 Å². The highest BCUT2D eigenvalue weighted by molar-refractivity contribution is 5.38. The van der Waals surface area contributed by atoms with Crippen LogP contribution in [0.5, 0.6) is 17.2 Å². The monoisotopic (exact) mass is 359 g/mol. The largest absolute Gasteiger partial charge is 0.497 e. The molecule has 1 unspecified atom stereocenters. The van der Waals surface area contributed by atoms with E-state index in [1.165, 1.54) is 0 Å². The summed E-state index contributed by atoms with van der Waals surface area (Å²) in [7, 11) is 3.28. The number of methoxy groups -OCH3 is 2. The molecule has 2 aromatic carbocycles. The van der Waals surface area contributed by atoms with Gasteiger partial charge in [0.05, 0.1) is 14.2 Å². The third-order valence-corrected chi connectivity index (χ3v) is 4.16. The number of aliphatic hydroxyl groups excluding tert-OH is 1. The number of nitrogens with zero attached hydrogens (tertiary/aromatic N) is 1. The second-order valence-corrected chi connectivity index (χ2v) is 6.52. The lowest BCUT2D eigenvalue weighted by atomic mass is 10.1. The Morgan fingerprint density at radius 1 is 0.923 bits per heavy atom. The molecule has 0 bridgehead atoms. The summed E-state index contributed by atoms with van der Waals surface area (Å²) in [4.78, 5) is 2.20. The number of rotatable bonds is 10. The molecule has 2 aromatic rings. The van der Waals surface area contributed by atoms with Gasteiger partial charge in [-0.05, 0) is 43.7 Å². The molecule has 0 fully saturated rings. The molecule has 0 aliphatic rings. The standard InChI is InChI=1S/C21H29NO4/c1-16(2)22(13-17-10-20(24-3)12-21(11-17)25-4)14-18(23)15-26-19-8-6-5-7-9-19/h5-12,16,18,23H,13-15H2,1-4H3. The third kappa shape index (κ3) is 6.24. The van der Waals surface area contributed by atoms with Crippen LogP contribution in [-0.4, -0.2) is 49.5 Å². The van der Waals surface area contributed by atoms with Crippen molar-refractivity contribution in [2.45, 2.75) is 32.5 Å². The van der Waals surface area contributed by atoms with E-state index in [2.05, 4.69) is 18.7 Å². The van der Waals surface area contributed by atoms with E-state index in [9.17, 15) is 5.11 Å². The van der Waals surface area contributed by atoms with Crippen LogP contribution in [0.4, 0.5) is 0 Å². The molecule has 0 aromatic heterocycles. The van der Waals surface area contributed by atoms with Crippen LogP contribution in [0.25, 0.3) is 0 Å². The fourth-order valence-corrected chi connectivity index (χ4v) is 2.68. The van der Waals surface area contributed by atoms with Gasteiger partial charge in [-0.2, -0.15) is 0 Å². The Balaban J connectivity index is 1.97. The van der Waals surface area contributed by atoms with Crippen molar-refractivity contribution in [3.8, 4) is 17.2 Å². The smallest absolute Gasteiger partial charge is 0.122 e. The van der Waals surface area contributed by atoms with Gasteiger partial charge < -0.3 is 19.3 Å². The SMILES string of the molecule is COc1cc(CN(CC(O)COc2ccccc2)C(C)C)cc(OC)c1. The van der Waals surface area contributed by atoms with Gasteiger partial charge >= 0.3 is 0 Å². The highest BCUT2D eigenvalue weighted by Crippen LogP contribution is 2.24. The molecular weight excluding hydrogens is 330 g/mol. The Morgan fingerprint density at radius 2 is 1.54 bits per heavy atom. The van der Waals surface area contributed by atoms with Crippen LogP contribution in [0.3, 0.4) is 0 Å². The topological polar surface area (TPSA) is 51.2 Å². The van der Waals surface area contributed by atoms with Crippen LogP contribution in [0, 0.1) is 0 Å². The van der Waals surface area contributed by atoms with Crippen molar-refractivity contribution in [3.63, 3.8) is 0 Å². The molecule has 0 saturated carbocycles. The van der Waals surface area contributed by atoms with Gasteiger partial charge in [-0.1, -0.05) is 18.2 Å². The first-order chi connectivity index (χ1) is 12.5. The van der Waals surface area contributed by atoms with E-state index in [4.69, 9.17) is 14.2 Å². The molecule has 5 heteroatoms. The molecule has 5 nitrogen and oxygen atoms in total. The predicted octanol–water partition coefficient (Wildman–Crippen LogP) is 3.35. The van der Waals surface area contributed by atoms with Crippen LogP contribution in [0.2, 0.25) is 0 Å². The van der Waals surface area contributed by atoms with E-state index in [-0.39, 0.29) is 12.6 Å². The molecule has 2 rings (SSSR count). The summed E-state index contributed by atoms with van der Waals surface area (Å²) in [6.07, 6.45) is -0.579. The number of aliphatic hydroxyl groups is 1. The Morgan fingerprint density at radius 3 is 2.08 bits per heavy atom. The summed E-state index contributed by atoms with van der Waals surface area (Å²) in [6, 6.07) is 15.6. The van der Waals surface area contributed by atoms with Crippen molar-refractivity contribution in [2.24, 2.45) is 0 Å². The van der Waals surface area contributed by atoms with E-state index in [1.54, 1.807) is 14.2 Å². The van der Waals surface area contributed by atoms with Crippen LogP contribution < -0.4 is 14.2 Å². The average Bonchev–Trinajstić information content (AvgIpc) is 2.66. The lowest BCUT2D eigenvalue weighted by Gasteiger charge is -2.29. The summed E-state index contributed by atoms with van der Waals surface area (Å²) in [6.45, 7) is 5.69. The van der Waals surface area contributed by atoms with E-state index in [0.29, 0.717) is 13.1 Å². The Hall–Kier alpha value is -2.24. The van der Waals surface area contributed by atoms with Gasteiger partial charge in [-0.25, -0.2) is 0 Å². The maximum Gasteiger partial charge on any atom is 0.122 e. The van der Waals surface area contributed by atoms with Crippen LogP contribution in [0.1, 0.15) is 19.4 Å². The Bertz CT molecular complexity index is 638. The van der Waals surface area contributed by atoms with Gasteiger partial charge in [0, 0.05) is 25.2 Å². The van der Waals surface area contributed by atoms with E-state index in [1.807, 2.05) is 48.5 Å². The van der Waals surface area contributed by atoms with Crippen molar-refractivity contribution in [1.82, 2.24) is 4.90 Å². The Labute approximate surface area is 156 Å². The van der Waals surface area contributed by atoms with Crippen LogP contribution in [0.15, 0.2) is 48.5 Å². The molecule has 0 aliphatic heterocycles.